The Morgan fingerprint density at radius 1 is 0.409 bits per heavy atom. The van der Waals surface area contributed by atoms with E-state index in [1.165, 1.54) is 0 Å². The summed E-state index contributed by atoms with van der Waals surface area (Å²) in [6.07, 6.45) is 0.145. The Kier molecular flexibility index (Phi) is 35.2. The van der Waals surface area contributed by atoms with Crippen molar-refractivity contribution in [1.82, 2.24) is 72.8 Å². The third-order valence-corrected chi connectivity index (χ3v) is 24.8. The summed E-state index contributed by atoms with van der Waals surface area (Å²) >= 11 is 17.8. The van der Waals surface area contributed by atoms with E-state index in [4.69, 9.17) is 83.4 Å². The number of carbonyl (C=O) groups is 3. The van der Waals surface area contributed by atoms with Crippen molar-refractivity contribution in [2.45, 2.75) is 99.0 Å². The number of halogens is 3. The zero-order chi connectivity index (χ0) is 96.8. The monoisotopic (exact) mass is 1920 g/mol. The molecule has 0 atom stereocenters. The zero-order valence-corrected chi connectivity index (χ0v) is 81.4. The Bertz CT molecular complexity index is 6370. The van der Waals surface area contributed by atoms with E-state index in [0.717, 1.165) is 43.0 Å². The molecule has 16 rings (SSSR count). The van der Waals surface area contributed by atoms with Crippen LogP contribution in [0, 0.1) is 11.3 Å². The van der Waals surface area contributed by atoms with Crippen molar-refractivity contribution in [3.8, 4) is 57.6 Å². The summed E-state index contributed by atoms with van der Waals surface area (Å²) in [5.41, 5.74) is 6.45. The van der Waals surface area contributed by atoms with Gasteiger partial charge in [0.15, 0.2) is 19.8 Å². The Hall–Kier alpha value is -12.5. The van der Waals surface area contributed by atoms with Crippen LogP contribution >= 0.6 is 34.8 Å². The number of aromatic nitrogens is 6. The number of aliphatic hydroxyl groups is 1. The lowest BCUT2D eigenvalue weighted by Crippen LogP contribution is -2.50. The lowest BCUT2D eigenvalue weighted by atomic mass is 10.1. The molecule has 3 aromatic heterocycles. The molecular weight excluding hydrogens is 1800 g/mol. The average Bonchev–Trinajstić information content (AvgIpc) is 0.769. The molecule has 0 spiro atoms. The highest BCUT2D eigenvalue weighted by Crippen LogP contribution is 2.35. The summed E-state index contributed by atoms with van der Waals surface area (Å²) in [4.78, 5) is 117. The van der Waals surface area contributed by atoms with Gasteiger partial charge in [0.25, 0.3) is 34.4 Å². The summed E-state index contributed by atoms with van der Waals surface area (Å²) in [5, 5.41) is 21.9. The number of rotatable bonds is 33. The van der Waals surface area contributed by atoms with Crippen molar-refractivity contribution in [3.05, 3.63) is 275 Å². The van der Waals surface area contributed by atoms with Crippen molar-refractivity contribution in [1.29, 1.82) is 5.26 Å². The lowest BCUT2D eigenvalue weighted by Gasteiger charge is -2.35. The number of para-hydroxylation sites is 3. The maximum Gasteiger partial charge on any atom is 0.266 e. The predicted molar refractivity (Wildman–Crippen MR) is 535 cm³/mol. The molecule has 9 aromatic carbocycles. The molecule has 720 valence electrons. The van der Waals surface area contributed by atoms with Gasteiger partial charge >= 0.3 is 0 Å². The third-order valence-electron chi connectivity index (χ3n) is 24.0. The van der Waals surface area contributed by atoms with E-state index in [1.807, 2.05) is 169 Å². The first-order valence-corrected chi connectivity index (χ1v) is 47.7. The number of fused-ring (bicyclic) bond motifs is 3. The normalized spacial score (nSPS) is 14.7. The molecule has 7 heterocycles. The molecule has 4 aliphatic rings. The molecule has 4 fully saturated rings. The Morgan fingerprint density at radius 3 is 1.09 bits per heavy atom. The van der Waals surface area contributed by atoms with E-state index in [9.17, 15) is 33.9 Å². The lowest BCUT2D eigenvalue weighted by molar-refractivity contribution is -0.135. The molecule has 4 aliphatic heterocycles. The van der Waals surface area contributed by atoms with Gasteiger partial charge in [0, 0.05) is 164 Å². The molecule has 0 saturated carbocycles. The molecule has 4 saturated heterocycles. The Balaban J connectivity index is 0.000000164. The van der Waals surface area contributed by atoms with Crippen LogP contribution in [0.3, 0.4) is 0 Å². The first-order valence-electron chi connectivity index (χ1n) is 46.5. The SMILES string of the molecule is CC(C)Oc1cc(N2CCN(C)CC2)ccc1-n1c(CN2CCN(C(=O)COc3ccc(Cl)cc3)CC2)nc2ccccc2c1=O.CC(C)Oc1ccc(CN(C)CCC#N)cc1-n1c(CN2CCN(C(=O)COc3ccc(Cl)cc3)CC2)nc2ccccc2c1=O.CC(C)Oc1ccc(CN(C)CCO)cc1-n1c(CN2CCN(C(=O)COc3ccc(Cl)cc3)CC2)nc2ccccc2c1=O. The molecule has 0 bridgehead atoms. The second kappa shape index (κ2) is 48.0. The predicted octanol–water partition coefficient (Wildman–Crippen LogP) is 13.2. The smallest absolute Gasteiger partial charge is 0.266 e. The number of nitriles is 1. The Morgan fingerprint density at radius 2 is 0.745 bits per heavy atom. The largest absolute Gasteiger partial charge is 0.489 e. The molecule has 0 aliphatic carbocycles. The van der Waals surface area contributed by atoms with E-state index >= 15 is 0 Å². The topological polar surface area (TPSA) is 288 Å². The quantitative estimate of drug-likeness (QED) is 0.0400. The number of amides is 3. The van der Waals surface area contributed by atoms with Gasteiger partial charge in [-0.05, 0) is 219 Å². The summed E-state index contributed by atoms with van der Waals surface area (Å²) in [6.45, 7) is 26.3. The van der Waals surface area contributed by atoms with Crippen molar-refractivity contribution in [3.63, 3.8) is 0 Å². The summed E-state index contributed by atoms with van der Waals surface area (Å²) in [6, 6.07) is 63.1. The fourth-order valence-electron chi connectivity index (χ4n) is 16.8. The van der Waals surface area contributed by atoms with Crippen LogP contribution in [-0.2, 0) is 47.1 Å². The molecule has 0 unspecified atom stereocenters. The van der Waals surface area contributed by atoms with Crippen LogP contribution in [0.25, 0.3) is 49.8 Å². The number of nitrogens with zero attached hydrogens (tertiary/aromatic N) is 17. The highest BCUT2D eigenvalue weighted by molar-refractivity contribution is 6.31. The molecule has 137 heavy (non-hydrogen) atoms. The van der Waals surface area contributed by atoms with Gasteiger partial charge in [0.05, 0.1) is 100 Å². The number of hydrogen-bond donors (Lipinski definition) is 1. The van der Waals surface area contributed by atoms with Crippen LogP contribution in [0.15, 0.2) is 215 Å². The highest BCUT2D eigenvalue weighted by atomic mass is 35.5. The standard InChI is InChI=1S/C35H41ClN6O4.C35H39ClN6O4.C34H40ClN5O5/c1-25(2)46-32-22-27(40-18-14-38(3)15-19-40)10-13-31(32)42-33(37-30-7-5-4-6-29(30)35(42)44)23-39-16-20-41(21-17-39)34(43)24-45-28-11-8-26(36)9-12-28;1-25(2)46-32-14-9-26(22-39(3)16-6-15-37)21-31(32)42-33(38-30-8-5-4-7-29(30)35(42)44)23-40-17-19-41(20-18-40)34(43)24-45-28-12-10-27(36)11-13-28;1-24(2)45-31-13-8-25(21-37(3)18-19-41)20-30(31)40-32(36-29-7-5-4-6-28(29)34(40)43)22-38-14-16-39(17-15-38)33(42)23-44-27-11-9-26(35)10-12-27/h4-13,22,25H,14-21,23-24H2,1-3H3;4-5,7-14,21,25H,6,16-20,22-24H2,1-3H3;4-13,20,24,41H,14-19,21-23H2,1-3H3. The maximum absolute atomic E-state index is 14.2. The maximum atomic E-state index is 14.2. The number of anilines is 1. The number of hydrogen-bond acceptors (Lipinski definition) is 24. The number of carbonyl (C=O) groups excluding carboxylic acids is 3. The van der Waals surface area contributed by atoms with Crippen LogP contribution in [0.5, 0.6) is 34.5 Å². The number of ether oxygens (including phenoxy) is 6. The van der Waals surface area contributed by atoms with E-state index in [2.05, 4.69) is 54.6 Å². The summed E-state index contributed by atoms with van der Waals surface area (Å²) in [5.74, 6) is 5.24. The minimum Gasteiger partial charge on any atom is -0.489 e. The van der Waals surface area contributed by atoms with Crippen molar-refractivity contribution in [2.75, 3.05) is 170 Å². The summed E-state index contributed by atoms with van der Waals surface area (Å²) < 4.78 is 40.9. The molecule has 30 nitrogen and oxygen atoms in total. The van der Waals surface area contributed by atoms with Crippen LogP contribution in [0.1, 0.15) is 76.6 Å². The first kappa shape index (κ1) is 100. The molecule has 3 amide bonds. The van der Waals surface area contributed by atoms with Crippen LogP contribution in [0.2, 0.25) is 15.1 Å². The van der Waals surface area contributed by atoms with E-state index < -0.39 is 0 Å². The van der Waals surface area contributed by atoms with Gasteiger partial charge in [0.1, 0.15) is 52.0 Å². The van der Waals surface area contributed by atoms with Gasteiger partial charge in [-0.25, -0.2) is 15.0 Å². The van der Waals surface area contributed by atoms with Gasteiger partial charge in [-0.15, -0.1) is 0 Å². The number of aliphatic hydroxyl groups excluding tert-OH is 1. The first-order chi connectivity index (χ1) is 66.2. The molecule has 12 aromatic rings. The second-order valence-electron chi connectivity index (χ2n) is 35.4. The van der Waals surface area contributed by atoms with Gasteiger partial charge in [0.2, 0.25) is 0 Å². The molecule has 33 heteroatoms. The van der Waals surface area contributed by atoms with E-state index in [0.29, 0.717) is 248 Å². The van der Waals surface area contributed by atoms with Crippen molar-refractivity contribution < 1.29 is 47.9 Å². The number of likely N-dealkylation sites (N-methyl/N-ethyl adjacent to an activating group) is 2. The molecule has 0 radical (unpaired) electrons. The van der Waals surface area contributed by atoms with Crippen LogP contribution in [0.4, 0.5) is 5.69 Å². The fraction of sp³-hybridized carbons (Fsp3) is 0.385. The minimum absolute atomic E-state index is 0.0316. The summed E-state index contributed by atoms with van der Waals surface area (Å²) in [7, 11) is 6.06. The fourth-order valence-corrected chi connectivity index (χ4v) is 17.2. The van der Waals surface area contributed by atoms with Gasteiger partial charge in [-0.2, -0.15) is 5.26 Å². The van der Waals surface area contributed by atoms with E-state index in [-0.39, 0.29) is 79.1 Å². The average molecular weight is 1920 g/mol. The molecule has 1 N–H and O–H groups in total. The number of piperazine rings is 4. The zero-order valence-electron chi connectivity index (χ0n) is 79.2. The number of benzene rings is 9. The highest BCUT2D eigenvalue weighted by Gasteiger charge is 2.31. The van der Waals surface area contributed by atoms with Crippen molar-refractivity contribution in [2.24, 2.45) is 0 Å². The van der Waals surface area contributed by atoms with Crippen LogP contribution < -0.4 is 50.0 Å². The van der Waals surface area contributed by atoms with Gasteiger partial charge in [-0.1, -0.05) is 83.3 Å². The van der Waals surface area contributed by atoms with Gasteiger partial charge in [-0.3, -0.25) is 62.1 Å². The molecular formula is C104H120Cl3N17O13. The minimum atomic E-state index is -0.169. The second-order valence-corrected chi connectivity index (χ2v) is 36.7. The van der Waals surface area contributed by atoms with Gasteiger partial charge < -0.3 is 62.9 Å². The third kappa shape index (κ3) is 27.1. The van der Waals surface area contributed by atoms with E-state index in [1.54, 1.807) is 108 Å². The van der Waals surface area contributed by atoms with Crippen LogP contribution in [-0.4, -0.2) is 279 Å². The van der Waals surface area contributed by atoms with Crippen molar-refractivity contribution >= 4 is 90.9 Å². The Labute approximate surface area is 813 Å².